The van der Waals surface area contributed by atoms with Gasteiger partial charge < -0.3 is 34.7 Å². The fourth-order valence-electron chi connectivity index (χ4n) is 4.55. The minimum absolute atomic E-state index is 0.0840. The predicted octanol–water partition coefficient (Wildman–Crippen LogP) is 4.96. The summed E-state index contributed by atoms with van der Waals surface area (Å²) in [4.78, 5) is 24.6. The fourth-order valence-corrected chi connectivity index (χ4v) is 5.11. The molecule has 0 spiro atoms. The molecule has 2 atom stereocenters. The van der Waals surface area contributed by atoms with Gasteiger partial charge in [0, 0.05) is 21.8 Å². The summed E-state index contributed by atoms with van der Waals surface area (Å²) in [6.07, 6.45) is 0.140. The van der Waals surface area contributed by atoms with Crippen LogP contribution in [-0.2, 0) is 16.1 Å². The van der Waals surface area contributed by atoms with Crippen molar-refractivity contribution in [3.8, 4) is 23.3 Å². The van der Waals surface area contributed by atoms with Crippen molar-refractivity contribution in [1.29, 1.82) is 5.26 Å². The summed E-state index contributed by atoms with van der Waals surface area (Å²) in [5, 5.41) is 29.9. The number of halogens is 2. The Bertz CT molecular complexity index is 1710. The van der Waals surface area contributed by atoms with E-state index < -0.39 is 24.3 Å². The second kappa shape index (κ2) is 15.9. The fraction of sp³-hybridized carbons (Fsp3) is 0.250. The molecule has 1 aliphatic rings. The van der Waals surface area contributed by atoms with E-state index >= 15 is 0 Å². The van der Waals surface area contributed by atoms with Crippen LogP contribution in [0.5, 0.6) is 17.2 Å². The van der Waals surface area contributed by atoms with E-state index in [9.17, 15) is 20.0 Å². The summed E-state index contributed by atoms with van der Waals surface area (Å²) in [7, 11) is 1.26. The van der Waals surface area contributed by atoms with Crippen LogP contribution >= 0.6 is 23.2 Å². The highest BCUT2D eigenvalue weighted by atomic mass is 35.5. The van der Waals surface area contributed by atoms with Gasteiger partial charge in [0.1, 0.15) is 19.0 Å². The molecule has 12 nitrogen and oxygen atoms in total. The zero-order chi connectivity index (χ0) is 33.2. The van der Waals surface area contributed by atoms with Gasteiger partial charge in [0.05, 0.1) is 48.2 Å². The van der Waals surface area contributed by atoms with Crippen molar-refractivity contribution in [1.82, 2.24) is 16.1 Å². The van der Waals surface area contributed by atoms with Gasteiger partial charge in [-0.2, -0.15) is 10.4 Å². The number of nitrogens with zero attached hydrogens (tertiary/aromatic N) is 2. The number of aliphatic hydroxyl groups excluding tert-OH is 1. The number of nitriles is 1. The minimum atomic E-state index is -1.24. The van der Waals surface area contributed by atoms with Crippen LogP contribution in [0.3, 0.4) is 0 Å². The highest BCUT2D eigenvalue weighted by Crippen LogP contribution is 2.35. The normalized spacial score (nSPS) is 15.0. The molecule has 3 aromatic rings. The van der Waals surface area contributed by atoms with Crippen molar-refractivity contribution < 1.29 is 33.6 Å². The van der Waals surface area contributed by atoms with Crippen molar-refractivity contribution >= 4 is 41.4 Å². The van der Waals surface area contributed by atoms with Crippen molar-refractivity contribution in [2.45, 2.75) is 32.7 Å². The molecule has 2 amide bonds. The van der Waals surface area contributed by atoms with E-state index in [0.29, 0.717) is 56.8 Å². The number of nitrogens with one attached hydrogen (secondary N) is 3. The molecule has 0 aromatic heterocycles. The number of rotatable bonds is 13. The van der Waals surface area contributed by atoms with E-state index in [1.807, 2.05) is 0 Å². The van der Waals surface area contributed by atoms with Crippen molar-refractivity contribution in [2.24, 2.45) is 5.10 Å². The number of benzene rings is 3. The third-order valence-corrected chi connectivity index (χ3v) is 7.15. The molecule has 0 fully saturated rings. The number of ether oxygens (including phenoxy) is 4. The Balaban J connectivity index is 1.43. The van der Waals surface area contributed by atoms with Gasteiger partial charge in [-0.15, -0.1) is 0 Å². The second-order valence-electron chi connectivity index (χ2n) is 9.78. The first-order valence-electron chi connectivity index (χ1n) is 14.0. The molecule has 4 rings (SSSR count). The number of esters is 1. The lowest BCUT2D eigenvalue weighted by molar-refractivity contribution is -0.136. The van der Waals surface area contributed by atoms with Crippen LogP contribution in [0, 0.1) is 11.3 Å². The van der Waals surface area contributed by atoms with E-state index in [2.05, 4.69) is 27.2 Å². The lowest BCUT2D eigenvalue weighted by atomic mass is 9.95. The molecule has 46 heavy (non-hydrogen) atoms. The van der Waals surface area contributed by atoms with E-state index in [1.54, 1.807) is 62.4 Å². The molecule has 14 heteroatoms. The maximum absolute atomic E-state index is 12.5. The predicted molar refractivity (Wildman–Crippen MR) is 171 cm³/mol. The van der Waals surface area contributed by atoms with E-state index in [-0.39, 0.29) is 23.8 Å². The van der Waals surface area contributed by atoms with Gasteiger partial charge in [-0.25, -0.2) is 9.59 Å². The first-order chi connectivity index (χ1) is 22.1. The average Bonchev–Trinajstić information content (AvgIpc) is 3.03. The standard InChI is InChI=1S/C32H31Cl2N5O7/c1-4-44-26-12-19(29-28(31(41)43-3)18(2)37-32(42)38-29)9-10-25(26)45-17-27(40)39-36-15-22-11-23(33)13-24(34)30(22)46-16-21-8-6-5-7-20(21)14-35/h5-13,15,27,29,39-40H,4,16-17H2,1-3H3,(H2,37,38,42)/b36-15+/t27-,29+/m0/s1. The molecule has 4 N–H and O–H groups in total. The SMILES string of the molecule is CCOc1cc([C@H]2NC(=O)NC(C)=C2C(=O)OC)ccc1OC[C@H](O)N/N=C/c1cc(Cl)cc(Cl)c1OCc1ccccc1C#N. The van der Waals surface area contributed by atoms with Gasteiger partial charge in [-0.1, -0.05) is 47.5 Å². The number of hydrazone groups is 1. The Morgan fingerprint density at radius 1 is 1.15 bits per heavy atom. The molecule has 3 aromatic carbocycles. The molecule has 0 saturated carbocycles. The van der Waals surface area contributed by atoms with Crippen LogP contribution in [0.1, 0.15) is 42.1 Å². The summed E-state index contributed by atoms with van der Waals surface area (Å²) in [5.41, 5.74) is 5.34. The van der Waals surface area contributed by atoms with Crippen molar-refractivity contribution in [3.05, 3.63) is 98.2 Å². The van der Waals surface area contributed by atoms with Gasteiger partial charge in [-0.3, -0.25) is 5.43 Å². The van der Waals surface area contributed by atoms with Gasteiger partial charge in [0.15, 0.2) is 17.7 Å². The number of hydrogen-bond acceptors (Lipinski definition) is 10. The minimum Gasteiger partial charge on any atom is -0.490 e. The molecule has 1 heterocycles. The number of methoxy groups -OCH3 is 1. The number of amides is 2. The topological polar surface area (TPSA) is 164 Å². The molecule has 1 aliphatic heterocycles. The quantitative estimate of drug-likeness (QED) is 0.0853. The highest BCUT2D eigenvalue weighted by molar-refractivity contribution is 6.36. The van der Waals surface area contributed by atoms with E-state index in [1.165, 1.54) is 19.4 Å². The summed E-state index contributed by atoms with van der Waals surface area (Å²) in [5.74, 6) is 0.345. The first kappa shape index (κ1) is 33.9. The average molecular weight is 669 g/mol. The Morgan fingerprint density at radius 3 is 2.67 bits per heavy atom. The maximum Gasteiger partial charge on any atom is 0.337 e. The number of hydrogen-bond donors (Lipinski definition) is 4. The van der Waals surface area contributed by atoms with Crippen molar-refractivity contribution in [3.63, 3.8) is 0 Å². The number of aliphatic hydroxyl groups is 1. The van der Waals surface area contributed by atoms with E-state index in [0.717, 1.165) is 0 Å². The molecular formula is C32H31Cl2N5O7. The molecule has 0 aliphatic carbocycles. The highest BCUT2D eigenvalue weighted by Gasteiger charge is 2.32. The van der Waals surface area contributed by atoms with Crippen molar-refractivity contribution in [2.75, 3.05) is 20.3 Å². The summed E-state index contributed by atoms with van der Waals surface area (Å²) in [6, 6.07) is 15.9. The third kappa shape index (κ3) is 8.39. The molecule has 240 valence electrons. The molecule has 0 radical (unpaired) electrons. The van der Waals surface area contributed by atoms with Crippen LogP contribution < -0.4 is 30.3 Å². The lowest BCUT2D eigenvalue weighted by Gasteiger charge is -2.28. The maximum atomic E-state index is 12.5. The Kier molecular flexibility index (Phi) is 11.7. The Morgan fingerprint density at radius 2 is 1.93 bits per heavy atom. The summed E-state index contributed by atoms with van der Waals surface area (Å²) in [6.45, 7) is 3.57. The van der Waals surface area contributed by atoms with Gasteiger partial charge >= 0.3 is 12.0 Å². The summed E-state index contributed by atoms with van der Waals surface area (Å²) >= 11 is 12.6. The van der Waals surface area contributed by atoms with Crippen LogP contribution in [0.25, 0.3) is 0 Å². The summed E-state index contributed by atoms with van der Waals surface area (Å²) < 4.78 is 22.4. The first-order valence-corrected chi connectivity index (χ1v) is 14.7. The lowest BCUT2D eigenvalue weighted by Crippen LogP contribution is -2.45. The molecule has 0 saturated heterocycles. The monoisotopic (exact) mass is 667 g/mol. The Labute approximate surface area is 275 Å². The van der Waals surface area contributed by atoms with E-state index in [4.69, 9.17) is 42.1 Å². The Hall–Kier alpha value is -4.96. The number of carbonyl (C=O) groups excluding carboxylic acids is 2. The third-order valence-electron chi connectivity index (χ3n) is 6.65. The molecular weight excluding hydrogens is 637 g/mol. The largest absolute Gasteiger partial charge is 0.490 e. The number of urea groups is 1. The zero-order valence-corrected chi connectivity index (χ0v) is 26.6. The molecule has 0 bridgehead atoms. The van der Waals surface area contributed by atoms with Gasteiger partial charge in [0.25, 0.3) is 0 Å². The zero-order valence-electron chi connectivity index (χ0n) is 25.1. The smallest absolute Gasteiger partial charge is 0.337 e. The van der Waals surface area contributed by atoms with Crippen LogP contribution in [-0.4, -0.2) is 49.9 Å². The second-order valence-corrected chi connectivity index (χ2v) is 10.6. The van der Waals surface area contributed by atoms with Crippen LogP contribution in [0.15, 0.2) is 71.0 Å². The van der Waals surface area contributed by atoms with Crippen LogP contribution in [0.4, 0.5) is 4.79 Å². The van der Waals surface area contributed by atoms with Gasteiger partial charge in [0.2, 0.25) is 0 Å². The van der Waals surface area contributed by atoms with Crippen LogP contribution in [0.2, 0.25) is 10.0 Å². The molecule has 0 unspecified atom stereocenters. The number of allylic oxidation sites excluding steroid dienone is 1. The number of carbonyl (C=O) groups is 2. The van der Waals surface area contributed by atoms with Gasteiger partial charge in [-0.05, 0) is 49.7 Å².